The molecule has 2 aromatic rings. The van der Waals surface area contributed by atoms with Crippen molar-refractivity contribution in [2.45, 2.75) is 26.2 Å². The summed E-state index contributed by atoms with van der Waals surface area (Å²) in [6, 6.07) is 7.43. The van der Waals surface area contributed by atoms with E-state index in [2.05, 4.69) is 10.3 Å². The highest BCUT2D eigenvalue weighted by Crippen LogP contribution is 2.10. The third kappa shape index (κ3) is 5.85. The van der Waals surface area contributed by atoms with Gasteiger partial charge >= 0.3 is 0 Å². The molecular formula is C15H19ClN2O3. The van der Waals surface area contributed by atoms with Gasteiger partial charge in [-0.25, -0.2) is 4.98 Å². The van der Waals surface area contributed by atoms with E-state index < -0.39 is 6.10 Å². The predicted octanol–water partition coefficient (Wildman–Crippen LogP) is 2.30. The fourth-order valence-corrected chi connectivity index (χ4v) is 1.91. The largest absolute Gasteiger partial charge is 0.445 e. The van der Waals surface area contributed by atoms with Crippen LogP contribution in [-0.4, -0.2) is 29.3 Å². The van der Waals surface area contributed by atoms with Crippen molar-refractivity contribution in [1.82, 2.24) is 10.3 Å². The van der Waals surface area contributed by atoms with Gasteiger partial charge in [0.05, 0.1) is 32.1 Å². The van der Waals surface area contributed by atoms with Gasteiger partial charge in [-0.3, -0.25) is 0 Å². The number of halogens is 1. The summed E-state index contributed by atoms with van der Waals surface area (Å²) in [4.78, 5) is 4.07. The van der Waals surface area contributed by atoms with Crippen LogP contribution in [0.2, 0.25) is 5.02 Å². The van der Waals surface area contributed by atoms with Crippen LogP contribution < -0.4 is 5.32 Å². The smallest absolute Gasteiger partial charge is 0.208 e. The van der Waals surface area contributed by atoms with Gasteiger partial charge in [0.25, 0.3) is 0 Å². The molecule has 5 nitrogen and oxygen atoms in total. The van der Waals surface area contributed by atoms with E-state index in [0.29, 0.717) is 30.6 Å². The molecule has 0 spiro atoms. The number of nitrogens with one attached hydrogen (secondary N) is 1. The lowest BCUT2D eigenvalue weighted by molar-refractivity contribution is 0.0285. The van der Waals surface area contributed by atoms with Crippen LogP contribution in [0.5, 0.6) is 0 Å². The third-order valence-electron chi connectivity index (χ3n) is 2.82. The summed E-state index contributed by atoms with van der Waals surface area (Å²) in [5.41, 5.74) is 1.02. The second kappa shape index (κ2) is 8.14. The first kappa shape index (κ1) is 16.0. The molecule has 0 saturated carbocycles. The van der Waals surface area contributed by atoms with Crippen LogP contribution in [0, 0.1) is 6.92 Å². The standard InChI is InChI=1S/C15H19ClN2O3/c1-11-6-18-15(21-11)8-17-7-14(19)10-20-9-12-2-4-13(16)5-3-12/h2-6,14,17,19H,7-10H2,1H3. The first-order chi connectivity index (χ1) is 10.1. The van der Waals surface area contributed by atoms with Gasteiger partial charge < -0.3 is 19.6 Å². The monoisotopic (exact) mass is 310 g/mol. The van der Waals surface area contributed by atoms with Crippen molar-refractivity contribution in [2.24, 2.45) is 0 Å². The highest BCUT2D eigenvalue weighted by molar-refractivity contribution is 6.30. The number of oxazole rings is 1. The molecule has 0 aliphatic rings. The molecule has 1 atom stereocenters. The number of nitrogens with zero attached hydrogens (tertiary/aromatic N) is 1. The number of aryl methyl sites for hydroxylation is 1. The minimum absolute atomic E-state index is 0.264. The molecule has 0 saturated heterocycles. The zero-order valence-electron chi connectivity index (χ0n) is 11.9. The minimum Gasteiger partial charge on any atom is -0.445 e. The Kier molecular flexibility index (Phi) is 6.20. The molecule has 114 valence electrons. The van der Waals surface area contributed by atoms with Crippen LogP contribution in [0.1, 0.15) is 17.2 Å². The van der Waals surface area contributed by atoms with Crippen molar-refractivity contribution in [3.8, 4) is 0 Å². The molecule has 1 unspecified atom stereocenters. The van der Waals surface area contributed by atoms with Crippen molar-refractivity contribution in [3.05, 3.63) is 52.7 Å². The van der Waals surface area contributed by atoms with Crippen LogP contribution in [0.25, 0.3) is 0 Å². The fourth-order valence-electron chi connectivity index (χ4n) is 1.78. The maximum absolute atomic E-state index is 9.79. The quantitative estimate of drug-likeness (QED) is 0.783. The SMILES string of the molecule is Cc1cnc(CNCC(O)COCc2ccc(Cl)cc2)o1. The molecule has 0 amide bonds. The number of hydrogen-bond donors (Lipinski definition) is 2. The molecule has 21 heavy (non-hydrogen) atoms. The normalized spacial score (nSPS) is 12.5. The summed E-state index contributed by atoms with van der Waals surface area (Å²) in [5.74, 6) is 1.39. The van der Waals surface area contributed by atoms with Crippen molar-refractivity contribution >= 4 is 11.6 Å². The summed E-state index contributed by atoms with van der Waals surface area (Å²) < 4.78 is 10.8. The van der Waals surface area contributed by atoms with Crippen LogP contribution >= 0.6 is 11.6 Å². The van der Waals surface area contributed by atoms with Crippen molar-refractivity contribution < 1.29 is 14.3 Å². The summed E-state index contributed by atoms with van der Waals surface area (Å²) in [7, 11) is 0. The number of hydrogen-bond acceptors (Lipinski definition) is 5. The molecule has 0 fully saturated rings. The van der Waals surface area contributed by atoms with Crippen LogP contribution in [0.15, 0.2) is 34.9 Å². The summed E-state index contributed by atoms with van der Waals surface area (Å²) >= 11 is 5.80. The van der Waals surface area contributed by atoms with Gasteiger partial charge in [-0.05, 0) is 24.6 Å². The number of rotatable bonds is 8. The Morgan fingerprint density at radius 3 is 2.81 bits per heavy atom. The average Bonchev–Trinajstić information content (AvgIpc) is 2.87. The van der Waals surface area contributed by atoms with Crippen molar-refractivity contribution in [3.63, 3.8) is 0 Å². The van der Waals surface area contributed by atoms with Gasteiger partial charge in [-0.1, -0.05) is 23.7 Å². The topological polar surface area (TPSA) is 67.5 Å². The second-order valence-electron chi connectivity index (χ2n) is 4.79. The van der Waals surface area contributed by atoms with Gasteiger partial charge in [0, 0.05) is 11.6 Å². The van der Waals surface area contributed by atoms with Gasteiger partial charge in [0.15, 0.2) is 0 Å². The first-order valence-electron chi connectivity index (χ1n) is 6.76. The van der Waals surface area contributed by atoms with Crippen LogP contribution in [-0.2, 0) is 17.9 Å². The van der Waals surface area contributed by atoms with Gasteiger partial charge in [0.1, 0.15) is 5.76 Å². The van der Waals surface area contributed by atoms with E-state index in [-0.39, 0.29) is 6.61 Å². The van der Waals surface area contributed by atoms with Crippen molar-refractivity contribution in [2.75, 3.05) is 13.2 Å². The molecule has 0 radical (unpaired) electrons. The van der Waals surface area contributed by atoms with E-state index in [1.807, 2.05) is 31.2 Å². The maximum Gasteiger partial charge on any atom is 0.208 e. The molecule has 2 N–H and O–H groups in total. The lowest BCUT2D eigenvalue weighted by Gasteiger charge is -2.11. The molecule has 1 aromatic carbocycles. The van der Waals surface area contributed by atoms with Crippen LogP contribution in [0.3, 0.4) is 0 Å². The molecular weight excluding hydrogens is 292 g/mol. The van der Waals surface area contributed by atoms with E-state index in [9.17, 15) is 5.11 Å². The summed E-state index contributed by atoms with van der Waals surface area (Å²) in [6.45, 7) is 3.47. The zero-order chi connectivity index (χ0) is 15.1. The summed E-state index contributed by atoms with van der Waals surface area (Å²) in [6.07, 6.45) is 1.09. The number of benzene rings is 1. The number of ether oxygens (including phenoxy) is 1. The Bertz CT molecular complexity index is 542. The molecule has 1 aromatic heterocycles. The Labute approximate surface area is 128 Å². The van der Waals surface area contributed by atoms with E-state index in [0.717, 1.165) is 11.3 Å². The maximum atomic E-state index is 9.79. The summed E-state index contributed by atoms with van der Waals surface area (Å²) in [5, 5.41) is 13.6. The number of aliphatic hydroxyl groups is 1. The molecule has 0 aliphatic heterocycles. The molecule has 2 rings (SSSR count). The number of aromatic nitrogens is 1. The molecule has 0 bridgehead atoms. The third-order valence-corrected chi connectivity index (χ3v) is 3.07. The Morgan fingerprint density at radius 1 is 1.38 bits per heavy atom. The Balaban J connectivity index is 1.59. The fraction of sp³-hybridized carbons (Fsp3) is 0.400. The second-order valence-corrected chi connectivity index (χ2v) is 5.23. The lowest BCUT2D eigenvalue weighted by Crippen LogP contribution is -2.30. The molecule has 1 heterocycles. The highest BCUT2D eigenvalue weighted by Gasteiger charge is 2.06. The van der Waals surface area contributed by atoms with Gasteiger partial charge in [-0.15, -0.1) is 0 Å². The predicted molar refractivity (Wildman–Crippen MR) is 80.1 cm³/mol. The molecule has 0 aliphatic carbocycles. The van der Waals surface area contributed by atoms with Gasteiger partial charge in [-0.2, -0.15) is 0 Å². The van der Waals surface area contributed by atoms with Gasteiger partial charge in [0.2, 0.25) is 5.89 Å². The lowest BCUT2D eigenvalue weighted by atomic mass is 10.2. The Hall–Kier alpha value is -1.40. The average molecular weight is 311 g/mol. The minimum atomic E-state index is -0.576. The highest BCUT2D eigenvalue weighted by atomic mass is 35.5. The van der Waals surface area contributed by atoms with E-state index in [4.69, 9.17) is 20.8 Å². The Morgan fingerprint density at radius 2 is 2.14 bits per heavy atom. The zero-order valence-corrected chi connectivity index (χ0v) is 12.6. The van der Waals surface area contributed by atoms with Crippen molar-refractivity contribution in [1.29, 1.82) is 0 Å². The van der Waals surface area contributed by atoms with Crippen LogP contribution in [0.4, 0.5) is 0 Å². The molecule has 6 heteroatoms. The van der Waals surface area contributed by atoms with E-state index >= 15 is 0 Å². The van der Waals surface area contributed by atoms with E-state index in [1.165, 1.54) is 0 Å². The van der Waals surface area contributed by atoms with E-state index in [1.54, 1.807) is 6.20 Å². The number of aliphatic hydroxyl groups excluding tert-OH is 1. The first-order valence-corrected chi connectivity index (χ1v) is 7.13.